The van der Waals surface area contributed by atoms with E-state index < -0.39 is 0 Å². The Morgan fingerprint density at radius 1 is 1.23 bits per heavy atom. The zero-order valence-corrected chi connectivity index (χ0v) is 14.1. The van der Waals surface area contributed by atoms with Crippen LogP contribution in [0, 0.1) is 5.41 Å². The molecule has 120 valence electrons. The Morgan fingerprint density at radius 2 is 1.95 bits per heavy atom. The zero-order chi connectivity index (χ0) is 16.2. The van der Waals surface area contributed by atoms with Gasteiger partial charge < -0.3 is 9.88 Å². The normalized spacial score (nSPS) is 11.8. The third-order valence-corrected chi connectivity index (χ3v) is 3.81. The van der Waals surface area contributed by atoms with Gasteiger partial charge in [0.15, 0.2) is 0 Å². The molecule has 1 aromatic heterocycles. The number of benzene rings is 1. The Balaban J connectivity index is 2.20. The summed E-state index contributed by atoms with van der Waals surface area (Å²) in [6.07, 6.45) is 3.54. The predicted molar refractivity (Wildman–Crippen MR) is 90.6 cm³/mol. The lowest BCUT2D eigenvalue weighted by atomic mass is 9.96. The van der Waals surface area contributed by atoms with Crippen LogP contribution >= 0.6 is 0 Å². The topological polar surface area (TPSA) is 46.9 Å². The van der Waals surface area contributed by atoms with Crippen molar-refractivity contribution in [3.63, 3.8) is 0 Å². The third-order valence-electron chi connectivity index (χ3n) is 3.81. The summed E-state index contributed by atoms with van der Waals surface area (Å²) in [5.41, 5.74) is 1.77. The van der Waals surface area contributed by atoms with E-state index >= 15 is 0 Å². The number of amides is 1. The Labute approximate surface area is 132 Å². The number of aromatic nitrogens is 2. The van der Waals surface area contributed by atoms with Crippen LogP contribution in [0.15, 0.2) is 24.3 Å². The van der Waals surface area contributed by atoms with Crippen LogP contribution in [0.25, 0.3) is 11.0 Å². The fourth-order valence-corrected chi connectivity index (χ4v) is 2.45. The van der Waals surface area contributed by atoms with E-state index in [-0.39, 0.29) is 11.3 Å². The number of nitrogens with one attached hydrogen (secondary N) is 1. The summed E-state index contributed by atoms with van der Waals surface area (Å²) < 4.78 is 2.24. The lowest BCUT2D eigenvalue weighted by Gasteiger charge is -2.18. The first kappa shape index (κ1) is 16.5. The van der Waals surface area contributed by atoms with Crippen molar-refractivity contribution in [2.45, 2.75) is 60.0 Å². The van der Waals surface area contributed by atoms with E-state index in [0.29, 0.717) is 6.54 Å². The first-order valence-electron chi connectivity index (χ1n) is 8.16. The summed E-state index contributed by atoms with van der Waals surface area (Å²) in [4.78, 5) is 16.8. The van der Waals surface area contributed by atoms with Gasteiger partial charge in [0, 0.05) is 12.0 Å². The SMILES string of the molecule is CCCCCn1c(CNC(=O)C(C)(C)C)nc2ccccc21. The Kier molecular flexibility index (Phi) is 5.22. The molecule has 4 nitrogen and oxygen atoms in total. The van der Waals surface area contributed by atoms with E-state index in [1.54, 1.807) is 0 Å². The number of imidazole rings is 1. The number of aryl methyl sites for hydroxylation is 1. The largest absolute Gasteiger partial charge is 0.348 e. The molecule has 2 rings (SSSR count). The molecule has 0 saturated carbocycles. The lowest BCUT2D eigenvalue weighted by molar-refractivity contribution is -0.128. The number of nitrogens with zero attached hydrogens (tertiary/aromatic N) is 2. The van der Waals surface area contributed by atoms with Gasteiger partial charge in [-0.05, 0) is 18.6 Å². The van der Waals surface area contributed by atoms with Crippen molar-refractivity contribution in [1.82, 2.24) is 14.9 Å². The molecule has 1 N–H and O–H groups in total. The summed E-state index contributed by atoms with van der Waals surface area (Å²) in [5, 5.41) is 3.01. The van der Waals surface area contributed by atoms with E-state index in [9.17, 15) is 4.79 Å². The second-order valence-corrected chi connectivity index (χ2v) is 6.81. The summed E-state index contributed by atoms with van der Waals surface area (Å²) in [6, 6.07) is 8.17. The maximum Gasteiger partial charge on any atom is 0.225 e. The highest BCUT2D eigenvalue weighted by atomic mass is 16.2. The van der Waals surface area contributed by atoms with Crippen LogP contribution < -0.4 is 5.32 Å². The quantitative estimate of drug-likeness (QED) is 0.823. The number of fused-ring (bicyclic) bond motifs is 1. The smallest absolute Gasteiger partial charge is 0.225 e. The third kappa shape index (κ3) is 3.87. The molecule has 0 aliphatic heterocycles. The van der Waals surface area contributed by atoms with Crippen molar-refractivity contribution in [2.24, 2.45) is 5.41 Å². The molecule has 0 atom stereocenters. The summed E-state index contributed by atoms with van der Waals surface area (Å²) in [7, 11) is 0. The molecule has 0 aliphatic rings. The van der Waals surface area contributed by atoms with Crippen LogP contribution in [-0.4, -0.2) is 15.5 Å². The van der Waals surface area contributed by atoms with Crippen LogP contribution in [-0.2, 0) is 17.9 Å². The molecule has 0 aliphatic carbocycles. The fourth-order valence-electron chi connectivity index (χ4n) is 2.45. The summed E-state index contributed by atoms with van der Waals surface area (Å²) in [6.45, 7) is 9.41. The van der Waals surface area contributed by atoms with E-state index in [2.05, 4.69) is 22.9 Å². The average molecular weight is 301 g/mol. The second-order valence-electron chi connectivity index (χ2n) is 6.81. The molecule has 0 fully saturated rings. The van der Waals surface area contributed by atoms with Crippen molar-refractivity contribution in [3.05, 3.63) is 30.1 Å². The molecule has 1 heterocycles. The molecule has 0 unspecified atom stereocenters. The van der Waals surface area contributed by atoms with Gasteiger partial charge in [0.1, 0.15) is 5.82 Å². The molecular weight excluding hydrogens is 274 g/mol. The van der Waals surface area contributed by atoms with E-state index in [4.69, 9.17) is 4.98 Å². The van der Waals surface area contributed by atoms with E-state index in [1.165, 1.54) is 12.8 Å². The van der Waals surface area contributed by atoms with Gasteiger partial charge in [0.2, 0.25) is 5.91 Å². The molecule has 0 saturated heterocycles. The van der Waals surface area contributed by atoms with Gasteiger partial charge in [-0.3, -0.25) is 4.79 Å². The number of carbonyl (C=O) groups is 1. The first-order valence-corrected chi connectivity index (χ1v) is 8.16. The van der Waals surface area contributed by atoms with Gasteiger partial charge in [-0.2, -0.15) is 0 Å². The van der Waals surface area contributed by atoms with Gasteiger partial charge in [-0.1, -0.05) is 52.7 Å². The highest BCUT2D eigenvalue weighted by Crippen LogP contribution is 2.18. The highest BCUT2D eigenvalue weighted by Gasteiger charge is 2.21. The first-order chi connectivity index (χ1) is 10.4. The van der Waals surface area contributed by atoms with Crippen LogP contribution in [0.2, 0.25) is 0 Å². The van der Waals surface area contributed by atoms with Crippen molar-refractivity contribution < 1.29 is 4.79 Å². The maximum atomic E-state index is 12.1. The van der Waals surface area contributed by atoms with Crippen molar-refractivity contribution in [2.75, 3.05) is 0 Å². The number of para-hydroxylation sites is 2. The Bertz CT molecular complexity index is 637. The molecule has 2 aromatic rings. The zero-order valence-electron chi connectivity index (χ0n) is 14.1. The standard InChI is InChI=1S/C18H27N3O/c1-5-6-9-12-21-15-11-8-7-10-14(15)20-16(21)13-19-17(22)18(2,3)4/h7-8,10-11H,5-6,9,12-13H2,1-4H3,(H,19,22). The van der Waals surface area contributed by atoms with Crippen LogP contribution in [0.4, 0.5) is 0 Å². The maximum absolute atomic E-state index is 12.1. The van der Waals surface area contributed by atoms with Crippen LogP contribution in [0.1, 0.15) is 52.8 Å². The Morgan fingerprint density at radius 3 is 2.64 bits per heavy atom. The molecule has 22 heavy (non-hydrogen) atoms. The molecule has 1 aromatic carbocycles. The van der Waals surface area contributed by atoms with Gasteiger partial charge in [-0.15, -0.1) is 0 Å². The number of unbranched alkanes of at least 4 members (excludes halogenated alkanes) is 2. The molecule has 0 bridgehead atoms. The average Bonchev–Trinajstić information content (AvgIpc) is 2.82. The Hall–Kier alpha value is -1.84. The molecule has 0 spiro atoms. The lowest BCUT2D eigenvalue weighted by Crippen LogP contribution is -2.35. The minimum Gasteiger partial charge on any atom is -0.348 e. The second kappa shape index (κ2) is 6.95. The van der Waals surface area contributed by atoms with Gasteiger partial charge in [-0.25, -0.2) is 4.98 Å². The van der Waals surface area contributed by atoms with Gasteiger partial charge in [0.25, 0.3) is 0 Å². The van der Waals surface area contributed by atoms with Gasteiger partial charge >= 0.3 is 0 Å². The van der Waals surface area contributed by atoms with Crippen LogP contribution in [0.5, 0.6) is 0 Å². The number of hydrogen-bond acceptors (Lipinski definition) is 2. The minimum absolute atomic E-state index is 0.0552. The molecule has 4 heteroatoms. The van der Waals surface area contributed by atoms with Crippen LogP contribution in [0.3, 0.4) is 0 Å². The minimum atomic E-state index is -0.376. The van der Waals surface area contributed by atoms with Crippen molar-refractivity contribution in [1.29, 1.82) is 0 Å². The van der Waals surface area contributed by atoms with Crippen molar-refractivity contribution >= 4 is 16.9 Å². The number of carbonyl (C=O) groups excluding carboxylic acids is 1. The molecular formula is C18H27N3O. The predicted octanol–water partition coefficient (Wildman–Crippen LogP) is 3.89. The number of hydrogen-bond donors (Lipinski definition) is 1. The monoisotopic (exact) mass is 301 g/mol. The van der Waals surface area contributed by atoms with Crippen molar-refractivity contribution in [3.8, 4) is 0 Å². The summed E-state index contributed by atoms with van der Waals surface area (Å²) in [5.74, 6) is 0.995. The fraction of sp³-hybridized carbons (Fsp3) is 0.556. The molecule has 0 radical (unpaired) electrons. The van der Waals surface area contributed by atoms with Gasteiger partial charge in [0.05, 0.1) is 17.6 Å². The number of rotatable bonds is 6. The molecule has 1 amide bonds. The van der Waals surface area contributed by atoms with E-state index in [1.807, 2.05) is 39.0 Å². The van der Waals surface area contributed by atoms with E-state index in [0.717, 1.165) is 29.8 Å². The highest BCUT2D eigenvalue weighted by molar-refractivity contribution is 5.81. The summed E-state index contributed by atoms with van der Waals surface area (Å²) >= 11 is 0.